The summed E-state index contributed by atoms with van der Waals surface area (Å²) in [5.74, 6) is 0.404. The first-order valence-corrected chi connectivity index (χ1v) is 6.04. The van der Waals surface area contributed by atoms with Gasteiger partial charge in [-0.25, -0.2) is 0 Å². The summed E-state index contributed by atoms with van der Waals surface area (Å²) >= 11 is 5.91. The third-order valence-corrected chi connectivity index (χ3v) is 2.97. The number of methoxy groups -OCH3 is 1. The van der Waals surface area contributed by atoms with E-state index >= 15 is 0 Å². The van der Waals surface area contributed by atoms with E-state index in [1.165, 1.54) is 7.11 Å². The van der Waals surface area contributed by atoms with Gasteiger partial charge in [-0.3, -0.25) is 4.79 Å². The van der Waals surface area contributed by atoms with Gasteiger partial charge in [0.25, 0.3) is 0 Å². The Balaban J connectivity index is 0.00000180. The molecule has 1 saturated heterocycles. The molecular weight excluding hydrogens is 291 g/mol. The fourth-order valence-corrected chi connectivity index (χ4v) is 1.90. The smallest absolute Gasteiger partial charge is 0.243 e. The van der Waals surface area contributed by atoms with E-state index < -0.39 is 0 Å². The highest BCUT2D eigenvalue weighted by Gasteiger charge is 2.21. The second-order valence-electron chi connectivity index (χ2n) is 3.92. The molecule has 7 heteroatoms. The Morgan fingerprint density at radius 1 is 1.58 bits per heavy atom. The van der Waals surface area contributed by atoms with Crippen LogP contribution in [0.25, 0.3) is 0 Å². The number of nitrogens with one attached hydrogen (secondary N) is 2. The van der Waals surface area contributed by atoms with E-state index in [-0.39, 0.29) is 24.4 Å². The van der Waals surface area contributed by atoms with Crippen molar-refractivity contribution in [2.75, 3.05) is 32.2 Å². The Morgan fingerprint density at radius 2 is 2.37 bits per heavy atom. The maximum absolute atomic E-state index is 11.9. The standard InChI is InChI=1S/C12H15ClN2O3.ClH/c1-17-11-6-8(2-3-9(11)13)15-12(16)10-7-18-5-4-14-10;/h2-3,6,10,14H,4-5,7H2,1H3,(H,15,16);1H. The molecule has 0 bridgehead atoms. The first-order valence-electron chi connectivity index (χ1n) is 5.66. The van der Waals surface area contributed by atoms with Crippen LogP contribution in [0, 0.1) is 0 Å². The van der Waals surface area contributed by atoms with Crippen LogP contribution in [0.2, 0.25) is 5.02 Å². The van der Waals surface area contributed by atoms with E-state index in [9.17, 15) is 4.79 Å². The molecule has 106 valence electrons. The minimum atomic E-state index is -0.319. The molecule has 0 saturated carbocycles. The summed E-state index contributed by atoms with van der Waals surface area (Å²) < 4.78 is 10.3. The summed E-state index contributed by atoms with van der Waals surface area (Å²) in [5, 5.41) is 6.39. The number of rotatable bonds is 3. The second-order valence-corrected chi connectivity index (χ2v) is 4.33. The Bertz CT molecular complexity index is 437. The zero-order valence-corrected chi connectivity index (χ0v) is 12.0. The first kappa shape index (κ1) is 16.0. The molecule has 1 atom stereocenters. The molecule has 0 aromatic heterocycles. The lowest BCUT2D eigenvalue weighted by Crippen LogP contribution is -2.48. The Kier molecular flexibility index (Phi) is 6.37. The number of carbonyl (C=O) groups is 1. The molecule has 0 aliphatic carbocycles. The zero-order chi connectivity index (χ0) is 13.0. The van der Waals surface area contributed by atoms with Crippen LogP contribution in [0.5, 0.6) is 5.75 Å². The quantitative estimate of drug-likeness (QED) is 0.892. The van der Waals surface area contributed by atoms with Crippen LogP contribution in [-0.4, -0.2) is 38.8 Å². The molecular formula is C12H16Cl2N2O3. The predicted molar refractivity (Wildman–Crippen MR) is 76.5 cm³/mol. The molecule has 2 rings (SSSR count). The van der Waals surface area contributed by atoms with Crippen molar-refractivity contribution in [2.24, 2.45) is 0 Å². The van der Waals surface area contributed by atoms with Crippen molar-refractivity contribution in [3.63, 3.8) is 0 Å². The number of carbonyl (C=O) groups excluding carboxylic acids is 1. The minimum Gasteiger partial charge on any atom is -0.495 e. The SMILES string of the molecule is COc1cc(NC(=O)C2COCCN2)ccc1Cl.Cl. The number of hydrogen-bond donors (Lipinski definition) is 2. The van der Waals surface area contributed by atoms with Gasteiger partial charge >= 0.3 is 0 Å². The van der Waals surface area contributed by atoms with E-state index in [4.69, 9.17) is 21.1 Å². The number of ether oxygens (including phenoxy) is 2. The van der Waals surface area contributed by atoms with Crippen molar-refractivity contribution >= 4 is 35.6 Å². The number of anilines is 1. The van der Waals surface area contributed by atoms with Gasteiger partial charge in [0.05, 0.1) is 25.3 Å². The summed E-state index contributed by atoms with van der Waals surface area (Å²) in [4.78, 5) is 11.9. The molecule has 1 amide bonds. The molecule has 1 heterocycles. The second kappa shape index (κ2) is 7.55. The molecule has 1 aromatic carbocycles. The van der Waals surface area contributed by atoms with Crippen molar-refractivity contribution in [3.8, 4) is 5.75 Å². The largest absolute Gasteiger partial charge is 0.495 e. The van der Waals surface area contributed by atoms with E-state index in [0.717, 1.165) is 0 Å². The van der Waals surface area contributed by atoms with Crippen LogP contribution in [0.3, 0.4) is 0 Å². The summed E-state index contributed by atoms with van der Waals surface area (Å²) in [6, 6.07) is 4.78. The molecule has 19 heavy (non-hydrogen) atoms. The topological polar surface area (TPSA) is 59.6 Å². The average molecular weight is 307 g/mol. The normalized spacial score (nSPS) is 18.3. The van der Waals surface area contributed by atoms with Crippen LogP contribution >= 0.6 is 24.0 Å². The highest BCUT2D eigenvalue weighted by molar-refractivity contribution is 6.32. The lowest BCUT2D eigenvalue weighted by Gasteiger charge is -2.23. The molecule has 1 aliphatic rings. The van der Waals surface area contributed by atoms with Gasteiger partial charge in [0.15, 0.2) is 0 Å². The molecule has 1 unspecified atom stereocenters. The van der Waals surface area contributed by atoms with Gasteiger partial charge in [0, 0.05) is 18.3 Å². The number of morpholine rings is 1. The van der Waals surface area contributed by atoms with Crippen molar-refractivity contribution < 1.29 is 14.3 Å². The predicted octanol–water partition coefficient (Wildman–Crippen LogP) is 1.70. The van der Waals surface area contributed by atoms with Gasteiger partial charge in [0.2, 0.25) is 5.91 Å². The summed E-state index contributed by atoms with van der Waals surface area (Å²) in [5.41, 5.74) is 0.647. The molecule has 5 nitrogen and oxygen atoms in total. The molecule has 2 N–H and O–H groups in total. The van der Waals surface area contributed by atoms with Gasteiger partial charge in [-0.1, -0.05) is 11.6 Å². The lowest BCUT2D eigenvalue weighted by atomic mass is 10.2. The third kappa shape index (κ3) is 4.24. The van der Waals surface area contributed by atoms with Crippen molar-refractivity contribution in [3.05, 3.63) is 23.2 Å². The highest BCUT2D eigenvalue weighted by Crippen LogP contribution is 2.27. The van der Waals surface area contributed by atoms with Crippen LogP contribution in [0.1, 0.15) is 0 Å². The van der Waals surface area contributed by atoms with Gasteiger partial charge in [0.1, 0.15) is 11.8 Å². The van der Waals surface area contributed by atoms with Crippen LogP contribution in [0.4, 0.5) is 5.69 Å². The van der Waals surface area contributed by atoms with Gasteiger partial charge in [-0.2, -0.15) is 0 Å². The first-order chi connectivity index (χ1) is 8.70. The maximum Gasteiger partial charge on any atom is 0.243 e. The fourth-order valence-electron chi connectivity index (χ4n) is 1.70. The molecule has 1 aromatic rings. The van der Waals surface area contributed by atoms with E-state index in [0.29, 0.717) is 36.2 Å². The van der Waals surface area contributed by atoms with Gasteiger partial charge < -0.3 is 20.1 Å². The highest BCUT2D eigenvalue weighted by atomic mass is 35.5. The van der Waals surface area contributed by atoms with Crippen LogP contribution in [-0.2, 0) is 9.53 Å². The van der Waals surface area contributed by atoms with E-state index in [1.54, 1.807) is 18.2 Å². The molecule has 0 spiro atoms. The summed E-state index contributed by atoms with van der Waals surface area (Å²) in [7, 11) is 1.53. The number of benzene rings is 1. The van der Waals surface area contributed by atoms with Crippen molar-refractivity contribution in [2.45, 2.75) is 6.04 Å². The Labute approximate surface area is 123 Å². The van der Waals surface area contributed by atoms with Gasteiger partial charge in [-0.15, -0.1) is 12.4 Å². The molecule has 1 aliphatic heterocycles. The monoisotopic (exact) mass is 306 g/mol. The molecule has 0 radical (unpaired) electrons. The van der Waals surface area contributed by atoms with Crippen molar-refractivity contribution in [1.29, 1.82) is 0 Å². The fraction of sp³-hybridized carbons (Fsp3) is 0.417. The van der Waals surface area contributed by atoms with Gasteiger partial charge in [-0.05, 0) is 12.1 Å². The third-order valence-electron chi connectivity index (χ3n) is 2.66. The molecule has 1 fully saturated rings. The van der Waals surface area contributed by atoms with E-state index in [1.807, 2.05) is 0 Å². The Hall–Kier alpha value is -1.01. The van der Waals surface area contributed by atoms with Crippen LogP contribution < -0.4 is 15.4 Å². The number of hydrogen-bond acceptors (Lipinski definition) is 4. The average Bonchev–Trinajstić information content (AvgIpc) is 2.42. The zero-order valence-electron chi connectivity index (χ0n) is 10.4. The van der Waals surface area contributed by atoms with E-state index in [2.05, 4.69) is 10.6 Å². The minimum absolute atomic E-state index is 0. The van der Waals surface area contributed by atoms with Crippen LogP contribution in [0.15, 0.2) is 18.2 Å². The maximum atomic E-state index is 11.9. The number of amides is 1. The summed E-state index contributed by atoms with van der Waals surface area (Å²) in [6.45, 7) is 1.71. The van der Waals surface area contributed by atoms with Crippen molar-refractivity contribution in [1.82, 2.24) is 5.32 Å². The number of halogens is 2. The summed E-state index contributed by atoms with van der Waals surface area (Å²) in [6.07, 6.45) is 0. The Morgan fingerprint density at radius 3 is 3.00 bits per heavy atom. The lowest BCUT2D eigenvalue weighted by molar-refractivity contribution is -0.120.